The van der Waals surface area contributed by atoms with Gasteiger partial charge in [-0.3, -0.25) is 0 Å². The maximum atomic E-state index is 11.0. The first-order chi connectivity index (χ1) is 6.20. The summed E-state index contributed by atoms with van der Waals surface area (Å²) in [4.78, 5) is 0. The monoisotopic (exact) mass is 217 g/mol. The van der Waals surface area contributed by atoms with Crippen LogP contribution in [-0.4, -0.2) is 19.4 Å². The molecule has 14 heavy (non-hydrogen) atoms. The van der Waals surface area contributed by atoms with Gasteiger partial charge in [0.15, 0.2) is 6.23 Å². The second kappa shape index (κ2) is 11.6. The van der Waals surface area contributed by atoms with E-state index >= 15 is 0 Å². The molecule has 5 nitrogen and oxygen atoms in total. The van der Waals surface area contributed by atoms with E-state index in [1.807, 2.05) is 6.92 Å². The molecule has 0 fully saturated rings. The molecule has 0 saturated carbocycles. The molecule has 0 spiro atoms. The van der Waals surface area contributed by atoms with Crippen LogP contribution in [0.25, 0.3) is 0 Å². The zero-order valence-corrected chi connectivity index (χ0v) is 9.83. The molecule has 0 radical (unpaired) electrons. The van der Waals surface area contributed by atoms with Gasteiger partial charge in [-0.1, -0.05) is 13.3 Å². The van der Waals surface area contributed by atoms with Crippen molar-refractivity contribution in [2.24, 2.45) is 11.5 Å². The number of unbranched alkanes of at least 4 members (excludes halogenated alkanes) is 1. The fourth-order valence-electron chi connectivity index (χ4n) is 0.641. The Balaban J connectivity index is -0.000000720. The molecule has 0 aliphatic rings. The molecular formula is C7H19LiN2O3P+. The molecular weight excluding hydrogens is 198 g/mol. The Morgan fingerprint density at radius 1 is 1.57 bits per heavy atom. The van der Waals surface area contributed by atoms with Crippen LogP contribution in [0.3, 0.4) is 0 Å². The summed E-state index contributed by atoms with van der Waals surface area (Å²) in [5, 5.41) is 0. The SMILES string of the molecule is CCCCO[P+](=O)OC(N)CCN.[H-].[Li+]. The fraction of sp³-hybridized carbons (Fsp3) is 1.00. The number of hydrogen-bond acceptors (Lipinski definition) is 5. The Hall–Kier alpha value is 0.537. The van der Waals surface area contributed by atoms with Crippen molar-refractivity contribution in [2.45, 2.75) is 32.4 Å². The molecule has 0 aromatic heterocycles. The summed E-state index contributed by atoms with van der Waals surface area (Å²) >= 11 is 0. The topological polar surface area (TPSA) is 87.6 Å². The molecule has 80 valence electrons. The van der Waals surface area contributed by atoms with E-state index in [0.29, 0.717) is 19.6 Å². The first-order valence-electron chi connectivity index (χ1n) is 4.43. The van der Waals surface area contributed by atoms with Crippen LogP contribution in [0.15, 0.2) is 0 Å². The molecule has 4 N–H and O–H groups in total. The third kappa shape index (κ3) is 10.6. The Bertz CT molecular complexity index is 156. The summed E-state index contributed by atoms with van der Waals surface area (Å²) in [6.07, 6.45) is 1.77. The van der Waals surface area contributed by atoms with E-state index in [1.165, 1.54) is 0 Å². The second-order valence-corrected chi connectivity index (χ2v) is 3.55. The largest absolute Gasteiger partial charge is 1.00 e. The van der Waals surface area contributed by atoms with E-state index in [4.69, 9.17) is 20.5 Å². The summed E-state index contributed by atoms with van der Waals surface area (Å²) in [6, 6.07) is 0. The first-order valence-corrected chi connectivity index (χ1v) is 5.52. The third-order valence-electron chi connectivity index (χ3n) is 1.37. The molecule has 0 rings (SSSR count). The van der Waals surface area contributed by atoms with Crippen molar-refractivity contribution >= 4 is 8.25 Å². The summed E-state index contributed by atoms with van der Waals surface area (Å²) in [7, 11) is -2.07. The standard InChI is InChI=1S/C7H18N2O3P.Li.H/c1-2-3-6-11-13(10)12-7(9)4-5-8;;/h7H,2-6,8-9H2,1H3;;/q2*+1;-1. The van der Waals surface area contributed by atoms with Gasteiger partial charge in [-0.25, -0.2) is 0 Å². The van der Waals surface area contributed by atoms with Gasteiger partial charge in [-0.15, -0.1) is 9.05 Å². The Morgan fingerprint density at radius 2 is 2.21 bits per heavy atom. The van der Waals surface area contributed by atoms with Crippen molar-refractivity contribution < 1.29 is 33.9 Å². The van der Waals surface area contributed by atoms with E-state index in [9.17, 15) is 4.57 Å². The summed E-state index contributed by atoms with van der Waals surface area (Å²) < 4.78 is 20.7. The molecule has 0 heterocycles. The molecule has 0 aromatic carbocycles. The quantitative estimate of drug-likeness (QED) is 0.217. The van der Waals surface area contributed by atoms with E-state index in [-0.39, 0.29) is 20.3 Å². The van der Waals surface area contributed by atoms with Gasteiger partial charge in [0.2, 0.25) is 0 Å². The third-order valence-corrected chi connectivity index (χ3v) is 2.20. The van der Waals surface area contributed by atoms with Crippen molar-refractivity contribution in [3.63, 3.8) is 0 Å². The Labute approximate surface area is 99.5 Å². The molecule has 0 amide bonds. The zero-order chi connectivity index (χ0) is 10.1. The van der Waals surface area contributed by atoms with Gasteiger partial charge in [0.1, 0.15) is 6.61 Å². The predicted octanol–water partition coefficient (Wildman–Crippen LogP) is -1.77. The maximum Gasteiger partial charge on any atom is 1.00 e. The van der Waals surface area contributed by atoms with Crippen LogP contribution >= 0.6 is 8.25 Å². The van der Waals surface area contributed by atoms with Crippen LogP contribution in [0.2, 0.25) is 0 Å². The van der Waals surface area contributed by atoms with Crippen LogP contribution in [0.4, 0.5) is 0 Å². The van der Waals surface area contributed by atoms with E-state index < -0.39 is 14.5 Å². The van der Waals surface area contributed by atoms with Crippen molar-refractivity contribution in [3.8, 4) is 0 Å². The van der Waals surface area contributed by atoms with E-state index in [0.717, 1.165) is 12.8 Å². The fourth-order valence-corrected chi connectivity index (χ4v) is 1.31. The van der Waals surface area contributed by atoms with Gasteiger partial charge in [0.05, 0.1) is 0 Å². The zero-order valence-electron chi connectivity index (χ0n) is 9.94. The van der Waals surface area contributed by atoms with Crippen molar-refractivity contribution in [1.82, 2.24) is 0 Å². The molecule has 7 heteroatoms. The number of nitrogens with two attached hydrogens (primary N) is 2. The average molecular weight is 217 g/mol. The summed E-state index contributed by atoms with van der Waals surface area (Å²) in [6.45, 7) is 2.89. The van der Waals surface area contributed by atoms with Crippen molar-refractivity contribution in [1.29, 1.82) is 0 Å². The second-order valence-electron chi connectivity index (χ2n) is 2.63. The van der Waals surface area contributed by atoms with Gasteiger partial charge in [-0.05, 0) is 13.0 Å². The van der Waals surface area contributed by atoms with Crippen LogP contribution in [0.1, 0.15) is 27.6 Å². The molecule has 0 aliphatic heterocycles. The summed E-state index contributed by atoms with van der Waals surface area (Å²) in [5.74, 6) is 0. The maximum absolute atomic E-state index is 11.0. The average Bonchev–Trinajstić information content (AvgIpc) is 2.05. The van der Waals surface area contributed by atoms with Crippen molar-refractivity contribution in [2.75, 3.05) is 13.2 Å². The van der Waals surface area contributed by atoms with Crippen LogP contribution < -0.4 is 30.3 Å². The number of rotatable bonds is 8. The summed E-state index contributed by atoms with van der Waals surface area (Å²) in [5.41, 5.74) is 10.7. The van der Waals surface area contributed by atoms with Gasteiger partial charge in [0.25, 0.3) is 0 Å². The Kier molecular flexibility index (Phi) is 14.1. The molecule has 0 aliphatic carbocycles. The van der Waals surface area contributed by atoms with Gasteiger partial charge < -0.3 is 12.9 Å². The number of hydrogen-bond donors (Lipinski definition) is 2. The molecule has 0 saturated heterocycles. The van der Waals surface area contributed by atoms with Crippen LogP contribution in [-0.2, 0) is 13.6 Å². The normalized spacial score (nSPS) is 13.2. The minimum absolute atomic E-state index is 0. The van der Waals surface area contributed by atoms with E-state index in [1.54, 1.807) is 0 Å². The van der Waals surface area contributed by atoms with Gasteiger partial charge in [-0.2, -0.15) is 0 Å². The smallest absolute Gasteiger partial charge is 1.00 e. The molecule has 2 atom stereocenters. The van der Waals surface area contributed by atoms with Crippen molar-refractivity contribution in [3.05, 3.63) is 0 Å². The predicted molar refractivity (Wildman–Crippen MR) is 52.3 cm³/mol. The molecule has 2 unspecified atom stereocenters. The molecule has 0 aromatic rings. The minimum atomic E-state index is -2.07. The van der Waals surface area contributed by atoms with Crippen LogP contribution in [0, 0.1) is 0 Å². The minimum Gasteiger partial charge on any atom is -1.00 e. The van der Waals surface area contributed by atoms with Gasteiger partial charge >= 0.3 is 27.1 Å². The van der Waals surface area contributed by atoms with E-state index in [2.05, 4.69) is 0 Å². The Morgan fingerprint density at radius 3 is 2.71 bits per heavy atom. The van der Waals surface area contributed by atoms with Gasteiger partial charge in [0, 0.05) is 11.0 Å². The first kappa shape index (κ1) is 16.9. The molecule has 0 bridgehead atoms. The van der Waals surface area contributed by atoms with Crippen LogP contribution in [0.5, 0.6) is 0 Å².